The monoisotopic (exact) mass is 540 g/mol. The number of fused-ring (bicyclic) bond motifs is 2. The largest absolute Gasteiger partial charge is 0.486 e. The van der Waals surface area contributed by atoms with Crippen molar-refractivity contribution >= 4 is 60.5 Å². The van der Waals surface area contributed by atoms with Gasteiger partial charge in [0.25, 0.3) is 11.8 Å². The Hall–Kier alpha value is -3.43. The van der Waals surface area contributed by atoms with Crippen molar-refractivity contribution in [2.45, 2.75) is 5.33 Å². The van der Waals surface area contributed by atoms with Gasteiger partial charge in [-0.1, -0.05) is 28.1 Å². The smallest absolute Gasteiger partial charge is 0.265 e. The van der Waals surface area contributed by atoms with Crippen molar-refractivity contribution in [3.8, 4) is 11.5 Å². The quantitative estimate of drug-likeness (QED) is 0.295. The minimum atomic E-state index is -0.603. The van der Waals surface area contributed by atoms with Crippen LogP contribution in [0.25, 0.3) is 10.1 Å². The number of alkyl halides is 1. The average molecular weight is 541 g/mol. The number of thiophene rings is 1. The zero-order valence-electron chi connectivity index (χ0n) is 17.7. The minimum absolute atomic E-state index is 0.0245. The second-order valence-corrected chi connectivity index (χ2v) is 9.22. The van der Waals surface area contributed by atoms with E-state index in [1.807, 2.05) is 18.2 Å². The maximum Gasteiger partial charge on any atom is 0.265 e. The summed E-state index contributed by atoms with van der Waals surface area (Å²) in [4.78, 5) is 26.0. The standard InChI is InChI=1S/C25H18BrFN2O4S/c26-13-14-1-2-15-11-23(34-22(15)9-14)25(31)29-19-12-17(4-5-18(19)27)28-24(30)16-3-6-20-21(10-16)33-8-7-32-20/h1-6,9-12H,7-8,13H2,(H,28,30)(H,29,31). The van der Waals surface area contributed by atoms with E-state index in [2.05, 4.69) is 26.6 Å². The molecule has 0 atom stereocenters. The molecule has 0 unspecified atom stereocenters. The summed E-state index contributed by atoms with van der Waals surface area (Å²) in [6, 6.07) is 16.6. The van der Waals surface area contributed by atoms with E-state index in [4.69, 9.17) is 9.47 Å². The van der Waals surface area contributed by atoms with E-state index in [0.717, 1.165) is 21.0 Å². The van der Waals surface area contributed by atoms with Crippen LogP contribution in [0.1, 0.15) is 25.6 Å². The summed E-state index contributed by atoms with van der Waals surface area (Å²) in [7, 11) is 0. The first kappa shape index (κ1) is 22.4. The van der Waals surface area contributed by atoms with Crippen LogP contribution in [0.5, 0.6) is 11.5 Å². The molecule has 1 aliphatic rings. The van der Waals surface area contributed by atoms with Crippen LogP contribution in [0, 0.1) is 5.82 Å². The fourth-order valence-electron chi connectivity index (χ4n) is 3.54. The Morgan fingerprint density at radius 1 is 0.912 bits per heavy atom. The fraction of sp³-hybridized carbons (Fsp3) is 0.120. The Morgan fingerprint density at radius 3 is 2.56 bits per heavy atom. The van der Waals surface area contributed by atoms with Gasteiger partial charge >= 0.3 is 0 Å². The number of benzene rings is 3. The molecule has 1 aromatic heterocycles. The lowest BCUT2D eigenvalue weighted by atomic mass is 10.1. The Kier molecular flexibility index (Phi) is 6.21. The Labute approximate surface area is 206 Å². The second-order valence-electron chi connectivity index (χ2n) is 7.58. The molecule has 0 saturated heterocycles. The highest BCUT2D eigenvalue weighted by molar-refractivity contribution is 9.08. The van der Waals surface area contributed by atoms with Crippen LogP contribution >= 0.6 is 27.3 Å². The van der Waals surface area contributed by atoms with Crippen LogP contribution in [-0.4, -0.2) is 25.0 Å². The van der Waals surface area contributed by atoms with Crippen molar-refractivity contribution in [2.75, 3.05) is 23.8 Å². The van der Waals surface area contributed by atoms with Crippen LogP contribution in [0.3, 0.4) is 0 Å². The molecule has 2 amide bonds. The highest BCUT2D eigenvalue weighted by atomic mass is 79.9. The van der Waals surface area contributed by atoms with Crippen LogP contribution in [-0.2, 0) is 5.33 Å². The molecular weight excluding hydrogens is 523 g/mol. The Bertz CT molecular complexity index is 1420. The predicted molar refractivity (Wildman–Crippen MR) is 134 cm³/mol. The van der Waals surface area contributed by atoms with Crippen molar-refractivity contribution < 1.29 is 23.5 Å². The third-order valence-corrected chi connectivity index (χ3v) is 6.98. The molecule has 4 aromatic rings. The van der Waals surface area contributed by atoms with Crippen molar-refractivity contribution in [2.24, 2.45) is 0 Å². The van der Waals surface area contributed by atoms with E-state index < -0.39 is 17.6 Å². The SMILES string of the molecule is O=C(Nc1ccc(F)c(NC(=O)c2cc3ccc(CBr)cc3s2)c1)c1ccc2c(c1)OCCO2. The predicted octanol–water partition coefficient (Wildman–Crippen LogP) is 6.21. The number of halogens is 2. The molecule has 0 bridgehead atoms. The summed E-state index contributed by atoms with van der Waals surface area (Å²) in [5, 5.41) is 7.00. The number of carbonyl (C=O) groups excluding carboxylic acids is 2. The molecule has 3 aromatic carbocycles. The third-order valence-electron chi connectivity index (χ3n) is 5.24. The number of nitrogens with one attached hydrogen (secondary N) is 2. The lowest BCUT2D eigenvalue weighted by molar-refractivity contribution is 0.102. The Balaban J connectivity index is 1.32. The molecule has 0 fully saturated rings. The molecule has 0 spiro atoms. The van der Waals surface area contributed by atoms with Crippen molar-refractivity contribution in [3.05, 3.63) is 82.5 Å². The van der Waals surface area contributed by atoms with Crippen molar-refractivity contribution in [1.82, 2.24) is 0 Å². The summed E-state index contributed by atoms with van der Waals surface area (Å²) in [6.45, 7) is 0.874. The number of amides is 2. The molecule has 0 aliphatic carbocycles. The van der Waals surface area contributed by atoms with Gasteiger partial charge in [0.2, 0.25) is 0 Å². The average Bonchev–Trinajstić information content (AvgIpc) is 3.29. The molecule has 9 heteroatoms. The van der Waals surface area contributed by atoms with E-state index in [1.165, 1.54) is 29.5 Å². The van der Waals surface area contributed by atoms with Gasteiger partial charge in [-0.2, -0.15) is 0 Å². The molecule has 2 N–H and O–H groups in total. The molecule has 0 radical (unpaired) electrons. The first-order chi connectivity index (χ1) is 16.5. The molecule has 0 saturated carbocycles. The van der Waals surface area contributed by atoms with Crippen LogP contribution in [0.2, 0.25) is 0 Å². The molecule has 2 heterocycles. The van der Waals surface area contributed by atoms with Gasteiger partial charge in [0.15, 0.2) is 11.5 Å². The summed E-state index contributed by atoms with van der Waals surface area (Å²) >= 11 is 4.76. The lowest BCUT2D eigenvalue weighted by Gasteiger charge is -2.18. The zero-order chi connectivity index (χ0) is 23.7. The molecular formula is C25H18BrFN2O4S. The maximum atomic E-state index is 14.4. The maximum absolute atomic E-state index is 14.4. The molecule has 172 valence electrons. The van der Waals surface area contributed by atoms with E-state index >= 15 is 0 Å². The number of anilines is 2. The van der Waals surface area contributed by atoms with Gasteiger partial charge in [0.05, 0.1) is 10.6 Å². The third kappa shape index (κ3) is 4.62. The summed E-state index contributed by atoms with van der Waals surface area (Å²) in [6.07, 6.45) is 0. The molecule has 5 rings (SSSR count). The minimum Gasteiger partial charge on any atom is -0.486 e. The number of hydrogen-bond donors (Lipinski definition) is 2. The molecule has 6 nitrogen and oxygen atoms in total. The first-order valence-corrected chi connectivity index (χ1v) is 12.3. The lowest BCUT2D eigenvalue weighted by Crippen LogP contribution is -2.17. The van der Waals surface area contributed by atoms with E-state index in [9.17, 15) is 14.0 Å². The normalized spacial score (nSPS) is 12.4. The number of rotatable bonds is 5. The van der Waals surface area contributed by atoms with Gasteiger partial charge in [0.1, 0.15) is 19.0 Å². The zero-order valence-corrected chi connectivity index (χ0v) is 20.1. The van der Waals surface area contributed by atoms with Gasteiger partial charge in [-0.05, 0) is 59.5 Å². The van der Waals surface area contributed by atoms with Crippen molar-refractivity contribution in [3.63, 3.8) is 0 Å². The summed E-state index contributed by atoms with van der Waals surface area (Å²) < 4.78 is 26.4. The van der Waals surface area contributed by atoms with Crippen molar-refractivity contribution in [1.29, 1.82) is 0 Å². The van der Waals surface area contributed by atoms with E-state index in [1.54, 1.807) is 24.3 Å². The van der Waals surface area contributed by atoms with Gasteiger partial charge in [-0.3, -0.25) is 9.59 Å². The van der Waals surface area contributed by atoms with Gasteiger partial charge in [0, 0.05) is 21.3 Å². The second kappa shape index (κ2) is 9.44. The van der Waals surface area contributed by atoms with Crippen LogP contribution in [0.15, 0.2) is 60.7 Å². The van der Waals surface area contributed by atoms with Crippen LogP contribution in [0.4, 0.5) is 15.8 Å². The number of carbonyl (C=O) groups is 2. The first-order valence-electron chi connectivity index (χ1n) is 10.4. The fourth-order valence-corrected chi connectivity index (χ4v) is 4.91. The van der Waals surface area contributed by atoms with E-state index in [-0.39, 0.29) is 5.69 Å². The summed E-state index contributed by atoms with van der Waals surface area (Å²) in [5.41, 5.74) is 1.79. The van der Waals surface area contributed by atoms with Gasteiger partial charge in [-0.25, -0.2) is 4.39 Å². The number of ether oxygens (including phenoxy) is 2. The molecule has 1 aliphatic heterocycles. The van der Waals surface area contributed by atoms with Crippen LogP contribution < -0.4 is 20.1 Å². The topological polar surface area (TPSA) is 76.7 Å². The number of hydrogen-bond acceptors (Lipinski definition) is 5. The highest BCUT2D eigenvalue weighted by Gasteiger charge is 2.17. The summed E-state index contributed by atoms with van der Waals surface area (Å²) in [5.74, 6) is -0.339. The van der Waals surface area contributed by atoms with Gasteiger partial charge in [-0.15, -0.1) is 11.3 Å². The molecule has 34 heavy (non-hydrogen) atoms. The van der Waals surface area contributed by atoms with E-state index in [0.29, 0.717) is 40.8 Å². The Morgan fingerprint density at radius 2 is 1.74 bits per heavy atom. The van der Waals surface area contributed by atoms with Gasteiger partial charge < -0.3 is 20.1 Å². The highest BCUT2D eigenvalue weighted by Crippen LogP contribution is 2.32.